The third-order valence-corrected chi connectivity index (χ3v) is 3.02. The summed E-state index contributed by atoms with van der Waals surface area (Å²) in [5, 5.41) is 5.48. The standard InChI is InChI=1S/C13H11BrN2O3S/c14-5-6-19-10-4-2-1-3-8(10)7-9-11(17)15-13(20)16-12(9)18/h1-4,7H,5-6H2,(H2,15,16,17,18,20). The van der Waals surface area contributed by atoms with Crippen LogP contribution in [0.15, 0.2) is 29.8 Å². The molecular weight excluding hydrogens is 344 g/mol. The van der Waals surface area contributed by atoms with Crippen LogP contribution in [0.5, 0.6) is 5.75 Å². The zero-order valence-electron chi connectivity index (χ0n) is 10.3. The summed E-state index contributed by atoms with van der Waals surface area (Å²) in [6.45, 7) is 0.489. The Labute approximate surface area is 129 Å². The minimum Gasteiger partial charge on any atom is -0.492 e. The summed E-state index contributed by atoms with van der Waals surface area (Å²) in [5.41, 5.74) is 0.648. The molecule has 1 aromatic rings. The number of hydrogen-bond donors (Lipinski definition) is 2. The fourth-order valence-corrected chi connectivity index (χ4v) is 1.99. The molecule has 2 N–H and O–H groups in total. The number of rotatable bonds is 4. The summed E-state index contributed by atoms with van der Waals surface area (Å²) in [6, 6.07) is 7.17. The number of ether oxygens (including phenoxy) is 1. The minimum atomic E-state index is -0.519. The maximum atomic E-state index is 11.8. The van der Waals surface area contributed by atoms with Crippen LogP contribution >= 0.6 is 28.1 Å². The zero-order chi connectivity index (χ0) is 14.5. The van der Waals surface area contributed by atoms with E-state index in [-0.39, 0.29) is 10.7 Å². The van der Waals surface area contributed by atoms with Crippen LogP contribution in [0, 0.1) is 0 Å². The first-order valence-electron chi connectivity index (χ1n) is 5.78. The van der Waals surface area contributed by atoms with Gasteiger partial charge in [0.1, 0.15) is 11.3 Å². The van der Waals surface area contributed by atoms with E-state index in [1.165, 1.54) is 6.08 Å². The molecule has 1 saturated heterocycles. The first-order valence-corrected chi connectivity index (χ1v) is 7.31. The summed E-state index contributed by atoms with van der Waals surface area (Å²) >= 11 is 8.01. The van der Waals surface area contributed by atoms with Gasteiger partial charge in [-0.3, -0.25) is 20.2 Å². The van der Waals surface area contributed by atoms with Gasteiger partial charge >= 0.3 is 0 Å². The maximum Gasteiger partial charge on any atom is 0.263 e. The summed E-state index contributed by atoms with van der Waals surface area (Å²) in [4.78, 5) is 23.5. The van der Waals surface area contributed by atoms with Gasteiger partial charge in [0.05, 0.1) is 6.61 Å². The molecule has 0 aromatic heterocycles. The molecule has 1 aromatic carbocycles. The Bertz CT molecular complexity index is 579. The van der Waals surface area contributed by atoms with Gasteiger partial charge in [-0.2, -0.15) is 0 Å². The summed E-state index contributed by atoms with van der Waals surface area (Å²) in [5.74, 6) is -0.434. The lowest BCUT2D eigenvalue weighted by Gasteiger charge is -2.16. The van der Waals surface area contributed by atoms with Crippen molar-refractivity contribution in [3.05, 3.63) is 35.4 Å². The van der Waals surface area contributed by atoms with E-state index < -0.39 is 11.8 Å². The van der Waals surface area contributed by atoms with Gasteiger partial charge in [-0.15, -0.1) is 0 Å². The van der Waals surface area contributed by atoms with E-state index in [1.807, 2.05) is 6.07 Å². The fraction of sp³-hybridized carbons (Fsp3) is 0.154. The molecule has 0 atom stereocenters. The molecule has 5 nitrogen and oxygen atoms in total. The van der Waals surface area contributed by atoms with Crippen LogP contribution in [0.2, 0.25) is 0 Å². The van der Waals surface area contributed by atoms with E-state index >= 15 is 0 Å². The number of amides is 2. The molecule has 0 bridgehead atoms. The van der Waals surface area contributed by atoms with Gasteiger partial charge in [-0.05, 0) is 24.4 Å². The Hall–Kier alpha value is -1.73. The molecule has 20 heavy (non-hydrogen) atoms. The highest BCUT2D eigenvalue weighted by Gasteiger charge is 2.25. The number of alkyl halides is 1. The average molecular weight is 355 g/mol. The van der Waals surface area contributed by atoms with Crippen LogP contribution in [0.1, 0.15) is 5.56 Å². The van der Waals surface area contributed by atoms with E-state index in [9.17, 15) is 9.59 Å². The molecule has 1 aliphatic heterocycles. The van der Waals surface area contributed by atoms with Crippen molar-refractivity contribution in [3.63, 3.8) is 0 Å². The molecule has 1 heterocycles. The number of thiocarbonyl (C=S) groups is 1. The number of carbonyl (C=O) groups excluding carboxylic acids is 2. The van der Waals surface area contributed by atoms with Crippen molar-refractivity contribution < 1.29 is 14.3 Å². The van der Waals surface area contributed by atoms with Gasteiger partial charge in [-0.1, -0.05) is 34.1 Å². The lowest BCUT2D eigenvalue weighted by Crippen LogP contribution is -2.51. The normalized spacial score (nSPS) is 14.7. The lowest BCUT2D eigenvalue weighted by molar-refractivity contribution is -0.123. The summed E-state index contributed by atoms with van der Waals surface area (Å²) < 4.78 is 5.54. The van der Waals surface area contributed by atoms with Crippen molar-refractivity contribution in [3.8, 4) is 5.75 Å². The molecule has 1 aliphatic rings. The van der Waals surface area contributed by atoms with E-state index in [1.54, 1.807) is 18.2 Å². The number of carbonyl (C=O) groups is 2. The predicted octanol–water partition coefficient (Wildman–Crippen LogP) is 1.37. The van der Waals surface area contributed by atoms with E-state index in [2.05, 4.69) is 26.6 Å². The Morgan fingerprint density at radius 1 is 1.20 bits per heavy atom. The van der Waals surface area contributed by atoms with Gasteiger partial charge in [0.2, 0.25) is 0 Å². The summed E-state index contributed by atoms with van der Waals surface area (Å²) in [6.07, 6.45) is 1.48. The highest BCUT2D eigenvalue weighted by Crippen LogP contribution is 2.21. The van der Waals surface area contributed by atoms with E-state index in [0.717, 1.165) is 0 Å². The largest absolute Gasteiger partial charge is 0.492 e. The summed E-state index contributed by atoms with van der Waals surface area (Å²) in [7, 11) is 0. The second kappa shape index (κ2) is 6.62. The Morgan fingerprint density at radius 3 is 2.50 bits per heavy atom. The third-order valence-electron chi connectivity index (χ3n) is 2.50. The molecule has 0 unspecified atom stereocenters. The molecule has 2 amide bonds. The highest BCUT2D eigenvalue weighted by molar-refractivity contribution is 9.09. The number of halogens is 1. The van der Waals surface area contributed by atoms with Crippen LogP contribution in [0.4, 0.5) is 0 Å². The monoisotopic (exact) mass is 354 g/mol. The fourth-order valence-electron chi connectivity index (χ4n) is 1.64. The molecular formula is C13H11BrN2O3S. The maximum absolute atomic E-state index is 11.8. The second-order valence-corrected chi connectivity index (χ2v) is 5.07. The highest BCUT2D eigenvalue weighted by atomic mass is 79.9. The van der Waals surface area contributed by atoms with Gasteiger partial charge in [0.25, 0.3) is 11.8 Å². The second-order valence-electron chi connectivity index (χ2n) is 3.87. The van der Waals surface area contributed by atoms with Crippen molar-refractivity contribution in [2.45, 2.75) is 0 Å². The molecule has 1 fully saturated rings. The molecule has 0 saturated carbocycles. The van der Waals surface area contributed by atoms with E-state index in [0.29, 0.717) is 23.2 Å². The van der Waals surface area contributed by atoms with Crippen LogP contribution in [-0.2, 0) is 9.59 Å². The molecule has 2 rings (SSSR count). The predicted molar refractivity (Wildman–Crippen MR) is 82.6 cm³/mol. The smallest absolute Gasteiger partial charge is 0.263 e. The van der Waals surface area contributed by atoms with Crippen molar-refractivity contribution in [1.29, 1.82) is 0 Å². The van der Waals surface area contributed by atoms with Crippen LogP contribution in [-0.4, -0.2) is 28.9 Å². The number of nitrogens with one attached hydrogen (secondary N) is 2. The molecule has 0 radical (unpaired) electrons. The molecule has 7 heteroatoms. The average Bonchev–Trinajstić information content (AvgIpc) is 2.41. The van der Waals surface area contributed by atoms with E-state index in [4.69, 9.17) is 17.0 Å². The first-order chi connectivity index (χ1) is 9.61. The Kier molecular flexibility index (Phi) is 4.86. The van der Waals surface area contributed by atoms with Gasteiger partial charge < -0.3 is 4.74 Å². The van der Waals surface area contributed by atoms with Crippen molar-refractivity contribution in [2.75, 3.05) is 11.9 Å². The zero-order valence-corrected chi connectivity index (χ0v) is 12.7. The minimum absolute atomic E-state index is 0.00603. The number of para-hydroxylation sites is 1. The first kappa shape index (κ1) is 14.7. The van der Waals surface area contributed by atoms with Crippen LogP contribution in [0.3, 0.4) is 0 Å². The number of benzene rings is 1. The Morgan fingerprint density at radius 2 is 1.85 bits per heavy atom. The Balaban J connectivity index is 2.32. The third kappa shape index (κ3) is 3.43. The van der Waals surface area contributed by atoms with Crippen LogP contribution in [0.25, 0.3) is 6.08 Å². The lowest BCUT2D eigenvalue weighted by atomic mass is 10.1. The molecule has 0 aliphatic carbocycles. The van der Waals surface area contributed by atoms with Gasteiger partial charge in [0.15, 0.2) is 5.11 Å². The number of hydrogen-bond acceptors (Lipinski definition) is 4. The van der Waals surface area contributed by atoms with Crippen molar-refractivity contribution in [2.24, 2.45) is 0 Å². The molecule has 104 valence electrons. The van der Waals surface area contributed by atoms with Crippen molar-refractivity contribution >= 4 is 51.2 Å². The van der Waals surface area contributed by atoms with Crippen LogP contribution < -0.4 is 15.4 Å². The quantitative estimate of drug-likeness (QED) is 0.371. The topological polar surface area (TPSA) is 67.4 Å². The van der Waals surface area contributed by atoms with Gasteiger partial charge in [0, 0.05) is 10.9 Å². The SMILES string of the molecule is O=C1NC(=S)NC(=O)C1=Cc1ccccc1OCCBr. The van der Waals surface area contributed by atoms with Gasteiger partial charge in [-0.25, -0.2) is 0 Å². The van der Waals surface area contributed by atoms with Crippen molar-refractivity contribution in [1.82, 2.24) is 10.6 Å². The molecule has 0 spiro atoms.